The number of morpholine rings is 1. The minimum Gasteiger partial charge on any atom is -0.378 e. The van der Waals surface area contributed by atoms with Crippen molar-refractivity contribution >= 4 is 34.9 Å². The Morgan fingerprint density at radius 1 is 1.24 bits per heavy atom. The first-order chi connectivity index (χ1) is 10.1. The van der Waals surface area contributed by atoms with E-state index in [-0.39, 0.29) is 18.0 Å². The maximum Gasteiger partial charge on any atom is 0.299 e. The van der Waals surface area contributed by atoms with Crippen LogP contribution in [0.3, 0.4) is 0 Å². The van der Waals surface area contributed by atoms with Crippen LogP contribution in [0.1, 0.15) is 10.4 Å². The number of anilines is 1. The number of carbonyl (C=O) groups is 3. The molecule has 21 heavy (non-hydrogen) atoms. The Balaban J connectivity index is 1.81. The zero-order chi connectivity index (χ0) is 15.0. The highest BCUT2D eigenvalue weighted by Crippen LogP contribution is 2.31. The maximum atomic E-state index is 12.2. The summed E-state index contributed by atoms with van der Waals surface area (Å²) in [5.41, 5.74) is 0.693. The first-order valence-corrected chi connectivity index (χ1v) is 6.97. The maximum absolute atomic E-state index is 12.2. The van der Waals surface area contributed by atoms with Crippen LogP contribution in [-0.4, -0.2) is 55.3 Å². The highest BCUT2D eigenvalue weighted by atomic mass is 35.5. The third kappa shape index (κ3) is 2.52. The zero-order valence-corrected chi connectivity index (χ0v) is 11.9. The highest BCUT2D eigenvalue weighted by molar-refractivity contribution is 6.53. The summed E-state index contributed by atoms with van der Waals surface area (Å²) < 4.78 is 5.18. The Kier molecular flexibility index (Phi) is 3.65. The first-order valence-electron chi connectivity index (χ1n) is 6.59. The molecule has 1 aromatic carbocycles. The Morgan fingerprint density at radius 2 is 1.95 bits per heavy atom. The second-order valence-corrected chi connectivity index (χ2v) is 5.31. The molecule has 0 spiro atoms. The number of fused-ring (bicyclic) bond motifs is 1. The predicted octanol–water partition coefficient (Wildman–Crippen LogP) is 0.728. The molecule has 0 atom stereocenters. The van der Waals surface area contributed by atoms with Crippen molar-refractivity contribution in [3.05, 3.63) is 28.8 Å². The van der Waals surface area contributed by atoms with Gasteiger partial charge in [-0.1, -0.05) is 11.6 Å². The predicted molar refractivity (Wildman–Crippen MR) is 75.5 cm³/mol. The molecule has 7 heteroatoms. The lowest BCUT2D eigenvalue weighted by Gasteiger charge is -2.28. The number of amides is 2. The number of Topliss-reactive ketones (excluding diaryl/α,β-unsaturated/α-hetero) is 1. The van der Waals surface area contributed by atoms with Crippen molar-refractivity contribution in [3.8, 4) is 0 Å². The Labute approximate surface area is 126 Å². The molecule has 3 rings (SSSR count). The molecule has 2 amide bonds. The number of benzene rings is 1. The van der Waals surface area contributed by atoms with E-state index in [1.807, 2.05) is 0 Å². The number of halogens is 1. The summed E-state index contributed by atoms with van der Waals surface area (Å²) in [6, 6.07) is 4.64. The SMILES string of the molecule is O=C1C(=O)N(CC(=O)N2CCOCC2)c2ccc(Cl)cc21. The molecule has 2 heterocycles. The van der Waals surface area contributed by atoms with Gasteiger partial charge in [0.05, 0.1) is 24.5 Å². The van der Waals surface area contributed by atoms with E-state index in [0.717, 1.165) is 0 Å². The standard InChI is InChI=1S/C14H13ClN2O4/c15-9-1-2-11-10(7-9)13(19)14(20)17(11)8-12(18)16-3-5-21-6-4-16/h1-2,7H,3-6,8H2. The fourth-order valence-corrected chi connectivity index (χ4v) is 2.65. The smallest absolute Gasteiger partial charge is 0.299 e. The van der Waals surface area contributed by atoms with Gasteiger partial charge in [-0.2, -0.15) is 0 Å². The topological polar surface area (TPSA) is 66.9 Å². The van der Waals surface area contributed by atoms with Gasteiger partial charge < -0.3 is 9.64 Å². The highest BCUT2D eigenvalue weighted by Gasteiger charge is 2.37. The molecule has 2 aliphatic heterocycles. The van der Waals surface area contributed by atoms with Crippen LogP contribution in [0.25, 0.3) is 0 Å². The van der Waals surface area contributed by atoms with Gasteiger partial charge in [0.1, 0.15) is 6.54 Å². The molecule has 0 aromatic heterocycles. The molecular weight excluding hydrogens is 296 g/mol. The van der Waals surface area contributed by atoms with Gasteiger partial charge in [-0.25, -0.2) is 0 Å². The third-order valence-corrected chi connectivity index (χ3v) is 3.83. The number of ketones is 1. The summed E-state index contributed by atoms with van der Waals surface area (Å²) in [6.45, 7) is 1.85. The van der Waals surface area contributed by atoms with Gasteiger partial charge in [0.25, 0.3) is 11.7 Å². The van der Waals surface area contributed by atoms with Crippen LogP contribution < -0.4 is 4.90 Å². The van der Waals surface area contributed by atoms with E-state index in [2.05, 4.69) is 0 Å². The fraction of sp³-hybridized carbons (Fsp3) is 0.357. The minimum atomic E-state index is -0.686. The largest absolute Gasteiger partial charge is 0.378 e. The zero-order valence-electron chi connectivity index (χ0n) is 11.2. The van der Waals surface area contributed by atoms with Gasteiger partial charge in [-0.3, -0.25) is 19.3 Å². The Morgan fingerprint density at radius 3 is 2.67 bits per heavy atom. The van der Waals surface area contributed by atoms with Crippen LogP contribution >= 0.6 is 11.6 Å². The summed E-state index contributed by atoms with van der Waals surface area (Å²) in [5.74, 6) is -1.50. The minimum absolute atomic E-state index is 0.140. The van der Waals surface area contributed by atoms with Crippen molar-refractivity contribution in [2.45, 2.75) is 0 Å². The lowest BCUT2D eigenvalue weighted by molar-refractivity contribution is -0.134. The Bertz CT molecular complexity index is 625. The van der Waals surface area contributed by atoms with Gasteiger partial charge in [0.2, 0.25) is 5.91 Å². The van der Waals surface area contributed by atoms with Crippen molar-refractivity contribution < 1.29 is 19.1 Å². The molecule has 0 aliphatic carbocycles. The van der Waals surface area contributed by atoms with Crippen LogP contribution in [0, 0.1) is 0 Å². The summed E-state index contributed by atoms with van der Waals surface area (Å²) in [4.78, 5) is 39.0. The molecule has 0 unspecified atom stereocenters. The molecule has 0 radical (unpaired) electrons. The average Bonchev–Trinajstić information content (AvgIpc) is 2.73. The molecule has 0 N–H and O–H groups in total. The number of nitrogens with zero attached hydrogens (tertiary/aromatic N) is 2. The van der Waals surface area contributed by atoms with Crippen molar-refractivity contribution in [3.63, 3.8) is 0 Å². The summed E-state index contributed by atoms with van der Waals surface area (Å²) in [5, 5.41) is 0.385. The van der Waals surface area contributed by atoms with Gasteiger partial charge in [-0.15, -0.1) is 0 Å². The van der Waals surface area contributed by atoms with E-state index in [4.69, 9.17) is 16.3 Å². The van der Waals surface area contributed by atoms with Gasteiger partial charge >= 0.3 is 0 Å². The molecule has 6 nitrogen and oxygen atoms in total. The Hall–Kier alpha value is -1.92. The molecule has 1 saturated heterocycles. The molecule has 1 aromatic rings. The van der Waals surface area contributed by atoms with Gasteiger partial charge in [-0.05, 0) is 18.2 Å². The number of rotatable bonds is 2. The van der Waals surface area contributed by atoms with E-state index >= 15 is 0 Å². The quantitative estimate of drug-likeness (QED) is 0.755. The summed E-state index contributed by atoms with van der Waals surface area (Å²) in [7, 11) is 0. The van der Waals surface area contributed by atoms with Crippen LogP contribution in [0.15, 0.2) is 18.2 Å². The second kappa shape index (κ2) is 5.46. The van der Waals surface area contributed by atoms with Crippen LogP contribution in [0.2, 0.25) is 5.02 Å². The van der Waals surface area contributed by atoms with Gasteiger partial charge in [0.15, 0.2) is 0 Å². The van der Waals surface area contributed by atoms with E-state index in [9.17, 15) is 14.4 Å². The summed E-state index contributed by atoms with van der Waals surface area (Å²) in [6.07, 6.45) is 0. The van der Waals surface area contributed by atoms with Crippen molar-refractivity contribution in [2.75, 3.05) is 37.7 Å². The molecule has 0 bridgehead atoms. The molecule has 2 aliphatic rings. The van der Waals surface area contributed by atoms with E-state index < -0.39 is 11.7 Å². The fourth-order valence-electron chi connectivity index (χ4n) is 2.48. The molecule has 0 saturated carbocycles. The normalized spacial score (nSPS) is 18.1. The third-order valence-electron chi connectivity index (χ3n) is 3.59. The average molecular weight is 309 g/mol. The van der Waals surface area contributed by atoms with Crippen LogP contribution in [0.5, 0.6) is 0 Å². The lowest BCUT2D eigenvalue weighted by Crippen LogP contribution is -2.46. The van der Waals surface area contributed by atoms with Crippen LogP contribution in [0.4, 0.5) is 5.69 Å². The van der Waals surface area contributed by atoms with E-state index in [0.29, 0.717) is 37.0 Å². The monoisotopic (exact) mass is 308 g/mol. The first kappa shape index (κ1) is 14.0. The van der Waals surface area contributed by atoms with Crippen LogP contribution in [-0.2, 0) is 14.3 Å². The van der Waals surface area contributed by atoms with Crippen molar-refractivity contribution in [2.24, 2.45) is 0 Å². The van der Waals surface area contributed by atoms with Crippen molar-refractivity contribution in [1.29, 1.82) is 0 Å². The number of hydrogen-bond acceptors (Lipinski definition) is 4. The lowest BCUT2D eigenvalue weighted by atomic mass is 10.1. The van der Waals surface area contributed by atoms with Gasteiger partial charge in [0, 0.05) is 18.1 Å². The number of carbonyl (C=O) groups excluding carboxylic acids is 3. The van der Waals surface area contributed by atoms with E-state index in [1.54, 1.807) is 17.0 Å². The second-order valence-electron chi connectivity index (χ2n) is 4.88. The molecule has 110 valence electrons. The van der Waals surface area contributed by atoms with Crippen molar-refractivity contribution in [1.82, 2.24) is 4.90 Å². The molecular formula is C14H13ClN2O4. The number of ether oxygens (including phenoxy) is 1. The molecule has 1 fully saturated rings. The summed E-state index contributed by atoms with van der Waals surface area (Å²) >= 11 is 5.84. The number of hydrogen-bond donors (Lipinski definition) is 0. The van der Waals surface area contributed by atoms with E-state index in [1.165, 1.54) is 11.0 Å².